The van der Waals surface area contributed by atoms with Gasteiger partial charge in [-0.3, -0.25) is 4.79 Å². The predicted molar refractivity (Wildman–Crippen MR) is 97.1 cm³/mol. The number of aryl methyl sites for hydroxylation is 1. The Labute approximate surface area is 152 Å². The van der Waals surface area contributed by atoms with E-state index in [1.165, 1.54) is 11.1 Å². The maximum absolute atomic E-state index is 12.8. The van der Waals surface area contributed by atoms with Gasteiger partial charge in [0.1, 0.15) is 11.9 Å². The van der Waals surface area contributed by atoms with Crippen molar-refractivity contribution in [1.82, 2.24) is 4.98 Å². The lowest BCUT2D eigenvalue weighted by Crippen LogP contribution is -2.18. The van der Waals surface area contributed by atoms with Crippen molar-refractivity contribution < 1.29 is 19.0 Å². The fraction of sp³-hybridized carbons (Fsp3) is 0.400. The highest BCUT2D eigenvalue weighted by Crippen LogP contribution is 2.36. The van der Waals surface area contributed by atoms with Crippen LogP contribution in [-0.2, 0) is 17.6 Å². The molecule has 1 aromatic heterocycles. The molecule has 0 spiro atoms. The third kappa shape index (κ3) is 3.37. The third-order valence-corrected chi connectivity index (χ3v) is 4.88. The minimum Gasteiger partial charge on any atom is -0.495 e. The van der Waals surface area contributed by atoms with E-state index in [1.807, 2.05) is 6.07 Å². The highest BCUT2D eigenvalue weighted by Gasteiger charge is 2.22. The highest BCUT2D eigenvalue weighted by molar-refractivity contribution is 6.05. The van der Waals surface area contributed by atoms with Gasteiger partial charge >= 0.3 is 0 Å². The number of ether oxygens (including phenoxy) is 3. The molecule has 1 fully saturated rings. The van der Waals surface area contributed by atoms with E-state index in [1.54, 1.807) is 25.4 Å². The van der Waals surface area contributed by atoms with Gasteiger partial charge in [-0.15, -0.1) is 0 Å². The van der Waals surface area contributed by atoms with Crippen LogP contribution < -0.4 is 14.8 Å². The van der Waals surface area contributed by atoms with Crippen LogP contribution in [0.2, 0.25) is 0 Å². The molecule has 1 aliphatic heterocycles. The lowest BCUT2D eigenvalue weighted by molar-refractivity contribution is 0.102. The predicted octanol–water partition coefficient (Wildman–Crippen LogP) is 3.00. The van der Waals surface area contributed by atoms with Gasteiger partial charge < -0.3 is 19.5 Å². The lowest BCUT2D eigenvalue weighted by atomic mass is 10.1. The van der Waals surface area contributed by atoms with Crippen molar-refractivity contribution in [3.05, 3.63) is 47.2 Å². The van der Waals surface area contributed by atoms with Crippen LogP contribution in [0.5, 0.6) is 11.6 Å². The van der Waals surface area contributed by atoms with Crippen LogP contribution in [-0.4, -0.2) is 37.3 Å². The molecule has 6 heteroatoms. The molecule has 1 saturated heterocycles. The number of fused-ring (bicyclic) bond motifs is 1. The normalized spacial score (nSPS) is 18.4. The van der Waals surface area contributed by atoms with Crippen LogP contribution >= 0.6 is 0 Å². The second kappa shape index (κ2) is 7.33. The maximum Gasteiger partial charge on any atom is 0.256 e. The zero-order valence-electron chi connectivity index (χ0n) is 14.8. The molecule has 26 heavy (non-hydrogen) atoms. The number of methoxy groups -OCH3 is 1. The number of anilines is 1. The number of benzene rings is 1. The van der Waals surface area contributed by atoms with Gasteiger partial charge in [0.05, 0.1) is 26.0 Å². The molecule has 4 rings (SSSR count). The number of carbonyl (C=O) groups is 1. The molecule has 2 aliphatic rings. The fourth-order valence-corrected chi connectivity index (χ4v) is 3.53. The second-order valence-electron chi connectivity index (χ2n) is 6.57. The monoisotopic (exact) mass is 354 g/mol. The summed E-state index contributed by atoms with van der Waals surface area (Å²) in [5.41, 5.74) is 3.73. The fourth-order valence-electron chi connectivity index (χ4n) is 3.53. The smallest absolute Gasteiger partial charge is 0.256 e. The topological polar surface area (TPSA) is 69.7 Å². The van der Waals surface area contributed by atoms with Gasteiger partial charge in [-0.2, -0.15) is 0 Å². The third-order valence-electron chi connectivity index (χ3n) is 4.88. The Bertz CT molecular complexity index is 815. The van der Waals surface area contributed by atoms with Crippen molar-refractivity contribution in [3.8, 4) is 11.6 Å². The summed E-state index contributed by atoms with van der Waals surface area (Å²) in [6, 6.07) is 7.35. The molecule has 1 unspecified atom stereocenters. The average Bonchev–Trinajstić information content (AvgIpc) is 3.34. The summed E-state index contributed by atoms with van der Waals surface area (Å²) in [6.07, 6.45) is 5.52. The van der Waals surface area contributed by atoms with E-state index in [9.17, 15) is 4.79 Å². The molecule has 0 radical (unpaired) electrons. The van der Waals surface area contributed by atoms with E-state index in [2.05, 4.69) is 16.4 Å². The van der Waals surface area contributed by atoms with Crippen LogP contribution in [0.15, 0.2) is 30.5 Å². The molecule has 136 valence electrons. The first-order valence-corrected chi connectivity index (χ1v) is 8.95. The molecular weight excluding hydrogens is 332 g/mol. The Balaban J connectivity index is 1.54. The first kappa shape index (κ1) is 16.8. The van der Waals surface area contributed by atoms with E-state index in [4.69, 9.17) is 14.2 Å². The molecule has 2 aromatic rings. The minimum absolute atomic E-state index is 0.00158. The van der Waals surface area contributed by atoms with Crippen LogP contribution in [0.3, 0.4) is 0 Å². The second-order valence-corrected chi connectivity index (χ2v) is 6.57. The van der Waals surface area contributed by atoms with Crippen LogP contribution in [0.1, 0.15) is 34.3 Å². The van der Waals surface area contributed by atoms with Crippen molar-refractivity contribution in [2.24, 2.45) is 0 Å². The molecule has 1 amide bonds. The summed E-state index contributed by atoms with van der Waals surface area (Å²) in [6.45, 7) is 1.26. The summed E-state index contributed by atoms with van der Waals surface area (Å²) < 4.78 is 16.6. The number of carbonyl (C=O) groups excluding carboxylic acids is 1. The zero-order valence-corrected chi connectivity index (χ0v) is 14.8. The van der Waals surface area contributed by atoms with E-state index in [0.717, 1.165) is 31.4 Å². The molecule has 1 atom stereocenters. The van der Waals surface area contributed by atoms with Gasteiger partial charge in [0.15, 0.2) is 0 Å². The minimum atomic E-state index is -0.196. The van der Waals surface area contributed by atoms with Gasteiger partial charge in [-0.1, -0.05) is 6.07 Å². The van der Waals surface area contributed by atoms with Crippen molar-refractivity contribution in [3.63, 3.8) is 0 Å². The summed E-state index contributed by atoms with van der Waals surface area (Å²) >= 11 is 0. The first-order chi connectivity index (χ1) is 12.7. The quantitative estimate of drug-likeness (QED) is 0.894. The van der Waals surface area contributed by atoms with Crippen LogP contribution in [0.25, 0.3) is 0 Å². The Morgan fingerprint density at radius 3 is 3.04 bits per heavy atom. The van der Waals surface area contributed by atoms with Crippen LogP contribution in [0.4, 0.5) is 5.69 Å². The molecule has 2 heterocycles. The standard InChI is InChI=1S/C20H22N2O4/c1-24-17-6-5-13-3-2-4-16(13)19(17)22-20(23)14-7-9-21-18(11-14)26-15-8-10-25-12-15/h5-7,9,11,15H,2-4,8,10,12H2,1H3,(H,22,23). The van der Waals surface area contributed by atoms with E-state index >= 15 is 0 Å². The number of pyridine rings is 1. The Kier molecular flexibility index (Phi) is 4.75. The SMILES string of the molecule is COc1ccc2c(c1NC(=O)c1ccnc(OC3CCOC3)c1)CCC2. The molecule has 0 saturated carbocycles. The maximum atomic E-state index is 12.8. The average molecular weight is 354 g/mol. The summed E-state index contributed by atoms with van der Waals surface area (Å²) in [4.78, 5) is 17.0. The summed E-state index contributed by atoms with van der Waals surface area (Å²) in [5, 5.41) is 3.03. The molecular formula is C20H22N2O4. The lowest BCUT2D eigenvalue weighted by Gasteiger charge is -2.15. The largest absolute Gasteiger partial charge is 0.495 e. The summed E-state index contributed by atoms with van der Waals surface area (Å²) in [5.74, 6) is 0.935. The molecule has 6 nitrogen and oxygen atoms in total. The van der Waals surface area contributed by atoms with Gasteiger partial charge in [-0.05, 0) is 42.5 Å². The number of nitrogens with one attached hydrogen (secondary N) is 1. The Morgan fingerprint density at radius 2 is 2.23 bits per heavy atom. The van der Waals surface area contributed by atoms with Gasteiger partial charge in [-0.25, -0.2) is 4.98 Å². The number of nitrogens with zero attached hydrogens (tertiary/aromatic N) is 1. The number of hydrogen-bond acceptors (Lipinski definition) is 5. The molecule has 1 aliphatic carbocycles. The van der Waals surface area contributed by atoms with Crippen molar-refractivity contribution in [2.45, 2.75) is 31.8 Å². The number of rotatable bonds is 5. The molecule has 1 aromatic carbocycles. The number of hydrogen-bond donors (Lipinski definition) is 1. The van der Waals surface area contributed by atoms with Crippen molar-refractivity contribution >= 4 is 11.6 Å². The molecule has 0 bridgehead atoms. The van der Waals surface area contributed by atoms with Gasteiger partial charge in [0.25, 0.3) is 5.91 Å². The van der Waals surface area contributed by atoms with E-state index in [-0.39, 0.29) is 12.0 Å². The van der Waals surface area contributed by atoms with E-state index in [0.29, 0.717) is 30.4 Å². The Hall–Kier alpha value is -2.60. The van der Waals surface area contributed by atoms with Crippen molar-refractivity contribution in [1.29, 1.82) is 0 Å². The number of aromatic nitrogens is 1. The number of amides is 1. The summed E-state index contributed by atoms with van der Waals surface area (Å²) in [7, 11) is 1.62. The van der Waals surface area contributed by atoms with Gasteiger partial charge in [0, 0.05) is 24.2 Å². The highest BCUT2D eigenvalue weighted by atomic mass is 16.5. The zero-order chi connectivity index (χ0) is 17.9. The molecule has 1 N–H and O–H groups in total. The Morgan fingerprint density at radius 1 is 1.31 bits per heavy atom. The van der Waals surface area contributed by atoms with Crippen LogP contribution in [0, 0.1) is 0 Å². The van der Waals surface area contributed by atoms with Gasteiger partial charge in [0.2, 0.25) is 5.88 Å². The first-order valence-electron chi connectivity index (χ1n) is 8.95. The van der Waals surface area contributed by atoms with Crippen molar-refractivity contribution in [2.75, 3.05) is 25.6 Å². The van der Waals surface area contributed by atoms with E-state index < -0.39 is 0 Å².